The van der Waals surface area contributed by atoms with E-state index >= 15 is 0 Å². The number of likely N-dealkylation sites (N-methyl/N-ethyl adjacent to an activating group) is 1. The Balaban J connectivity index is 2.73. The largest absolute Gasteiger partial charge is 0.355 e. The van der Waals surface area contributed by atoms with Gasteiger partial charge in [-0.1, -0.05) is 12.1 Å². The Hall–Kier alpha value is -1.44. The minimum Gasteiger partial charge on any atom is -0.355 e. The molecule has 6 nitrogen and oxygen atoms in total. The van der Waals surface area contributed by atoms with Crippen molar-refractivity contribution in [2.45, 2.75) is 37.8 Å². The van der Waals surface area contributed by atoms with E-state index in [2.05, 4.69) is 10.6 Å². The van der Waals surface area contributed by atoms with Crippen molar-refractivity contribution in [2.24, 2.45) is 5.14 Å². The van der Waals surface area contributed by atoms with Crippen LogP contribution >= 0.6 is 0 Å². The van der Waals surface area contributed by atoms with Gasteiger partial charge in [0.1, 0.15) is 0 Å². The number of primary sulfonamides is 1. The number of carbonyl (C=O) groups excluding carboxylic acids is 1. The van der Waals surface area contributed by atoms with Gasteiger partial charge in [-0.3, -0.25) is 10.1 Å². The maximum Gasteiger partial charge on any atom is 0.238 e. The fourth-order valence-corrected chi connectivity index (χ4v) is 2.34. The van der Waals surface area contributed by atoms with E-state index < -0.39 is 10.0 Å². The lowest BCUT2D eigenvalue weighted by molar-refractivity contribution is -0.122. The molecule has 1 amide bonds. The third-order valence-corrected chi connectivity index (χ3v) is 3.88. The van der Waals surface area contributed by atoms with E-state index in [1.54, 1.807) is 19.1 Å². The summed E-state index contributed by atoms with van der Waals surface area (Å²) < 4.78 is 22.3. The van der Waals surface area contributed by atoms with E-state index in [0.29, 0.717) is 6.54 Å². The maximum atomic E-state index is 11.6. The second-order valence-electron chi connectivity index (χ2n) is 4.62. The van der Waals surface area contributed by atoms with Crippen molar-refractivity contribution >= 4 is 15.9 Å². The zero-order valence-electron chi connectivity index (χ0n) is 11.9. The fourth-order valence-electron chi connectivity index (χ4n) is 1.82. The molecule has 20 heavy (non-hydrogen) atoms. The van der Waals surface area contributed by atoms with Gasteiger partial charge in [-0.2, -0.15) is 0 Å². The number of carbonyl (C=O) groups is 1. The maximum absolute atomic E-state index is 11.6. The molecule has 0 spiro atoms. The standard InChI is InChI=1S/C13H21N3O3S/c1-4-15-13(17)10(3)16-9(2)11-5-7-12(8-6-11)20(14,18)19/h5-10,16H,4H2,1-3H3,(H,15,17)(H2,14,18,19). The summed E-state index contributed by atoms with van der Waals surface area (Å²) in [6, 6.07) is 5.87. The summed E-state index contributed by atoms with van der Waals surface area (Å²) in [5, 5.41) is 10.9. The molecule has 0 aliphatic rings. The van der Waals surface area contributed by atoms with E-state index in [1.807, 2.05) is 13.8 Å². The monoisotopic (exact) mass is 299 g/mol. The summed E-state index contributed by atoms with van der Waals surface area (Å²) in [4.78, 5) is 11.7. The van der Waals surface area contributed by atoms with Gasteiger partial charge >= 0.3 is 0 Å². The molecule has 0 aromatic heterocycles. The summed E-state index contributed by atoms with van der Waals surface area (Å²) in [5.74, 6) is -0.0690. The van der Waals surface area contributed by atoms with E-state index in [-0.39, 0.29) is 22.9 Å². The molecule has 0 bridgehead atoms. The van der Waals surface area contributed by atoms with Crippen molar-refractivity contribution in [1.82, 2.24) is 10.6 Å². The molecule has 2 atom stereocenters. The van der Waals surface area contributed by atoms with Crippen LogP contribution in [-0.4, -0.2) is 26.9 Å². The lowest BCUT2D eigenvalue weighted by Crippen LogP contribution is -2.43. The Morgan fingerprint density at radius 1 is 1.25 bits per heavy atom. The first-order valence-electron chi connectivity index (χ1n) is 6.42. The van der Waals surface area contributed by atoms with Crippen LogP contribution in [0.1, 0.15) is 32.4 Å². The van der Waals surface area contributed by atoms with Gasteiger partial charge in [0.25, 0.3) is 0 Å². The minimum atomic E-state index is -3.67. The van der Waals surface area contributed by atoms with E-state index in [0.717, 1.165) is 5.56 Å². The second-order valence-corrected chi connectivity index (χ2v) is 6.18. The highest BCUT2D eigenvalue weighted by atomic mass is 32.2. The number of sulfonamides is 1. The van der Waals surface area contributed by atoms with Gasteiger partial charge in [0.2, 0.25) is 15.9 Å². The predicted octanol–water partition coefficient (Wildman–Crippen LogP) is 0.509. The summed E-state index contributed by atoms with van der Waals surface area (Å²) in [6.45, 7) is 6.13. The van der Waals surface area contributed by atoms with Gasteiger partial charge in [-0.25, -0.2) is 13.6 Å². The molecule has 1 rings (SSSR count). The topological polar surface area (TPSA) is 101 Å². The number of rotatable bonds is 6. The third-order valence-electron chi connectivity index (χ3n) is 2.95. The van der Waals surface area contributed by atoms with Crippen LogP contribution in [-0.2, 0) is 14.8 Å². The predicted molar refractivity (Wildman–Crippen MR) is 77.5 cm³/mol. The van der Waals surface area contributed by atoms with Crippen LogP contribution in [0.2, 0.25) is 0 Å². The van der Waals surface area contributed by atoms with Crippen molar-refractivity contribution in [3.63, 3.8) is 0 Å². The van der Waals surface area contributed by atoms with Crippen LogP contribution in [0.3, 0.4) is 0 Å². The summed E-state index contributed by atoms with van der Waals surface area (Å²) in [7, 11) is -3.67. The van der Waals surface area contributed by atoms with Crippen LogP contribution in [0.15, 0.2) is 29.2 Å². The van der Waals surface area contributed by atoms with Crippen LogP contribution in [0.4, 0.5) is 0 Å². The molecule has 1 aromatic carbocycles. The summed E-state index contributed by atoms with van der Waals surface area (Å²) >= 11 is 0. The van der Waals surface area contributed by atoms with Gasteiger partial charge in [0, 0.05) is 12.6 Å². The van der Waals surface area contributed by atoms with Crippen molar-refractivity contribution in [1.29, 1.82) is 0 Å². The highest BCUT2D eigenvalue weighted by Crippen LogP contribution is 2.16. The van der Waals surface area contributed by atoms with Crippen LogP contribution < -0.4 is 15.8 Å². The molecule has 0 aliphatic heterocycles. The number of hydrogen-bond donors (Lipinski definition) is 3. The molecule has 0 saturated carbocycles. The lowest BCUT2D eigenvalue weighted by Gasteiger charge is -2.19. The first-order valence-corrected chi connectivity index (χ1v) is 7.97. The first-order chi connectivity index (χ1) is 9.25. The number of nitrogens with two attached hydrogens (primary N) is 1. The summed E-state index contributed by atoms with van der Waals surface area (Å²) in [5.41, 5.74) is 0.883. The molecule has 2 unspecified atom stereocenters. The van der Waals surface area contributed by atoms with Crippen molar-refractivity contribution in [2.75, 3.05) is 6.54 Å². The Morgan fingerprint density at radius 2 is 1.80 bits per heavy atom. The Bertz CT molecular complexity index is 555. The number of hydrogen-bond acceptors (Lipinski definition) is 4. The van der Waals surface area contributed by atoms with E-state index in [1.165, 1.54) is 12.1 Å². The average molecular weight is 299 g/mol. The lowest BCUT2D eigenvalue weighted by atomic mass is 10.1. The minimum absolute atomic E-state index is 0.0690. The molecular formula is C13H21N3O3S. The Kier molecular flexibility index (Phi) is 5.67. The van der Waals surface area contributed by atoms with Crippen molar-refractivity contribution in [3.8, 4) is 0 Å². The molecule has 1 aromatic rings. The molecule has 0 fully saturated rings. The van der Waals surface area contributed by atoms with Gasteiger partial charge in [0.05, 0.1) is 10.9 Å². The SMILES string of the molecule is CCNC(=O)C(C)NC(C)c1ccc(S(N)(=O)=O)cc1. The van der Waals surface area contributed by atoms with E-state index in [9.17, 15) is 13.2 Å². The smallest absolute Gasteiger partial charge is 0.238 e. The molecular weight excluding hydrogens is 278 g/mol. The van der Waals surface area contributed by atoms with Gasteiger partial charge < -0.3 is 5.32 Å². The van der Waals surface area contributed by atoms with Crippen molar-refractivity contribution in [3.05, 3.63) is 29.8 Å². The molecule has 7 heteroatoms. The average Bonchev–Trinajstić information content (AvgIpc) is 2.38. The molecule has 0 heterocycles. The number of nitrogens with one attached hydrogen (secondary N) is 2. The quantitative estimate of drug-likeness (QED) is 0.712. The third kappa shape index (κ3) is 4.59. The highest BCUT2D eigenvalue weighted by Gasteiger charge is 2.16. The van der Waals surface area contributed by atoms with Gasteiger partial charge in [-0.05, 0) is 38.5 Å². The Labute approximate surface area is 119 Å². The number of amides is 1. The van der Waals surface area contributed by atoms with Gasteiger partial charge in [0.15, 0.2) is 0 Å². The highest BCUT2D eigenvalue weighted by molar-refractivity contribution is 7.89. The zero-order valence-corrected chi connectivity index (χ0v) is 12.7. The number of benzene rings is 1. The van der Waals surface area contributed by atoms with Gasteiger partial charge in [-0.15, -0.1) is 0 Å². The summed E-state index contributed by atoms with van der Waals surface area (Å²) in [6.07, 6.45) is 0. The second kappa shape index (κ2) is 6.83. The molecule has 0 aliphatic carbocycles. The molecule has 0 saturated heterocycles. The first kappa shape index (κ1) is 16.6. The van der Waals surface area contributed by atoms with Crippen LogP contribution in [0.5, 0.6) is 0 Å². The molecule has 112 valence electrons. The normalized spacial score (nSPS) is 14.6. The Morgan fingerprint density at radius 3 is 2.25 bits per heavy atom. The fraction of sp³-hybridized carbons (Fsp3) is 0.462. The van der Waals surface area contributed by atoms with Crippen molar-refractivity contribution < 1.29 is 13.2 Å². The molecule has 4 N–H and O–H groups in total. The van der Waals surface area contributed by atoms with Crippen LogP contribution in [0, 0.1) is 0 Å². The zero-order chi connectivity index (χ0) is 15.3. The van der Waals surface area contributed by atoms with E-state index in [4.69, 9.17) is 5.14 Å². The molecule has 0 radical (unpaired) electrons. The van der Waals surface area contributed by atoms with Crippen LogP contribution in [0.25, 0.3) is 0 Å².